The predicted octanol–water partition coefficient (Wildman–Crippen LogP) is 1.34. The first-order valence-corrected chi connectivity index (χ1v) is 6.84. The summed E-state index contributed by atoms with van der Waals surface area (Å²) in [6, 6.07) is 3.16. The molecule has 0 aromatic carbocycles. The van der Waals surface area contributed by atoms with Gasteiger partial charge in [0.25, 0.3) is 0 Å². The van der Waals surface area contributed by atoms with Crippen molar-refractivity contribution in [2.45, 2.75) is 24.3 Å². The van der Waals surface area contributed by atoms with E-state index in [0.717, 1.165) is 5.76 Å². The fourth-order valence-corrected chi connectivity index (χ4v) is 4.08. The van der Waals surface area contributed by atoms with Crippen molar-refractivity contribution < 1.29 is 18.7 Å². The van der Waals surface area contributed by atoms with Gasteiger partial charge in [0.05, 0.1) is 19.3 Å². The van der Waals surface area contributed by atoms with E-state index in [1.807, 2.05) is 6.07 Å². The zero-order valence-corrected chi connectivity index (χ0v) is 10.7. The highest BCUT2D eigenvalue weighted by Gasteiger charge is 2.63. The molecule has 2 saturated heterocycles. The largest absolute Gasteiger partial charge is 0.466 e. The zero-order chi connectivity index (χ0) is 12.8. The molecule has 2 fully saturated rings. The maximum absolute atomic E-state index is 11.8. The number of hydrogen-bond donors (Lipinski definition) is 0. The van der Waals surface area contributed by atoms with Crippen LogP contribution in [0.1, 0.15) is 19.1 Å². The van der Waals surface area contributed by atoms with Crippen LogP contribution in [0.3, 0.4) is 0 Å². The van der Waals surface area contributed by atoms with Crippen molar-refractivity contribution in [1.82, 2.24) is 4.90 Å². The summed E-state index contributed by atoms with van der Waals surface area (Å²) in [4.78, 5) is 24.7. The third-order valence-electron chi connectivity index (χ3n) is 3.31. The minimum atomic E-state index is -0.488. The van der Waals surface area contributed by atoms with Crippen LogP contribution in [-0.4, -0.2) is 35.2 Å². The van der Waals surface area contributed by atoms with Crippen molar-refractivity contribution in [3.05, 3.63) is 24.2 Å². The van der Waals surface area contributed by atoms with Crippen LogP contribution in [0.25, 0.3) is 0 Å². The number of amides is 1. The lowest BCUT2D eigenvalue weighted by Gasteiger charge is -2.46. The molecule has 2 aliphatic rings. The Morgan fingerprint density at radius 3 is 3.17 bits per heavy atom. The molecule has 0 saturated carbocycles. The summed E-state index contributed by atoms with van der Waals surface area (Å²) in [7, 11) is 0. The van der Waals surface area contributed by atoms with E-state index in [1.54, 1.807) is 35.9 Å². The molecule has 0 spiro atoms. The van der Waals surface area contributed by atoms with E-state index in [2.05, 4.69) is 0 Å². The van der Waals surface area contributed by atoms with Gasteiger partial charge in [0.2, 0.25) is 5.91 Å². The van der Waals surface area contributed by atoms with Crippen LogP contribution in [0.5, 0.6) is 0 Å². The first kappa shape index (κ1) is 11.6. The molecule has 1 aromatic heterocycles. The van der Waals surface area contributed by atoms with Gasteiger partial charge in [0.15, 0.2) is 4.87 Å². The summed E-state index contributed by atoms with van der Waals surface area (Å²) >= 11 is 1.57. The summed E-state index contributed by atoms with van der Waals surface area (Å²) in [6.45, 7) is 2.09. The molecule has 2 atom stereocenters. The molecule has 3 rings (SSSR count). The zero-order valence-electron chi connectivity index (χ0n) is 9.92. The van der Waals surface area contributed by atoms with E-state index < -0.39 is 10.9 Å². The van der Waals surface area contributed by atoms with Gasteiger partial charge < -0.3 is 14.1 Å². The number of β-lactam (4-membered cyclic amide) rings is 1. The van der Waals surface area contributed by atoms with Crippen LogP contribution in [0.2, 0.25) is 0 Å². The topological polar surface area (TPSA) is 59.8 Å². The quantitative estimate of drug-likeness (QED) is 0.611. The molecule has 6 heteroatoms. The summed E-state index contributed by atoms with van der Waals surface area (Å²) < 4.78 is 10.4. The van der Waals surface area contributed by atoms with Crippen molar-refractivity contribution in [2.24, 2.45) is 0 Å². The molecule has 0 radical (unpaired) electrons. The van der Waals surface area contributed by atoms with Crippen molar-refractivity contribution in [3.63, 3.8) is 0 Å². The van der Waals surface area contributed by atoms with Gasteiger partial charge in [-0.15, -0.1) is 11.8 Å². The van der Waals surface area contributed by atoms with E-state index >= 15 is 0 Å². The smallest absolute Gasteiger partial charge is 0.329 e. The van der Waals surface area contributed by atoms with Crippen LogP contribution in [0.4, 0.5) is 0 Å². The van der Waals surface area contributed by atoms with Gasteiger partial charge in [0.1, 0.15) is 11.8 Å². The molecule has 2 aliphatic heterocycles. The predicted molar refractivity (Wildman–Crippen MR) is 64.7 cm³/mol. The highest BCUT2D eigenvalue weighted by atomic mass is 32.2. The number of esters is 1. The van der Waals surface area contributed by atoms with Gasteiger partial charge in [-0.1, -0.05) is 0 Å². The molecule has 1 aromatic rings. The number of carbonyl (C=O) groups is 2. The Morgan fingerprint density at radius 2 is 2.56 bits per heavy atom. The van der Waals surface area contributed by atoms with E-state index in [0.29, 0.717) is 18.8 Å². The number of rotatable bonds is 3. The first-order chi connectivity index (χ1) is 8.69. The average molecular weight is 267 g/mol. The third-order valence-corrected chi connectivity index (χ3v) is 4.81. The van der Waals surface area contributed by atoms with Crippen LogP contribution in [0, 0.1) is 0 Å². The van der Waals surface area contributed by atoms with Gasteiger partial charge in [0, 0.05) is 5.75 Å². The highest BCUT2D eigenvalue weighted by molar-refractivity contribution is 8.00. The molecule has 18 heavy (non-hydrogen) atoms. The Bertz CT molecular complexity index is 486. The van der Waals surface area contributed by atoms with Crippen LogP contribution >= 0.6 is 11.8 Å². The molecule has 96 valence electrons. The minimum Gasteiger partial charge on any atom is -0.466 e. The Hall–Kier alpha value is -1.43. The molecule has 0 bridgehead atoms. The molecule has 1 amide bonds. The second kappa shape index (κ2) is 4.05. The second-order valence-corrected chi connectivity index (χ2v) is 5.58. The van der Waals surface area contributed by atoms with Crippen LogP contribution in [-0.2, 0) is 19.2 Å². The molecule has 5 nitrogen and oxygen atoms in total. The van der Waals surface area contributed by atoms with Crippen molar-refractivity contribution in [3.8, 4) is 0 Å². The second-order valence-electron chi connectivity index (χ2n) is 4.28. The lowest BCUT2D eigenvalue weighted by atomic mass is 9.96. The number of fused-ring (bicyclic) bond motifs is 1. The van der Waals surface area contributed by atoms with E-state index in [-0.39, 0.29) is 11.9 Å². The van der Waals surface area contributed by atoms with Crippen LogP contribution < -0.4 is 0 Å². The van der Waals surface area contributed by atoms with Gasteiger partial charge in [-0.05, 0) is 19.1 Å². The number of ether oxygens (including phenoxy) is 1. The molecule has 0 unspecified atom stereocenters. The third kappa shape index (κ3) is 1.41. The lowest BCUT2D eigenvalue weighted by molar-refractivity contribution is -0.165. The molecular weight excluding hydrogens is 254 g/mol. The Morgan fingerprint density at radius 1 is 1.72 bits per heavy atom. The molecule has 3 heterocycles. The molecular formula is C12H13NO4S. The maximum atomic E-state index is 11.8. The van der Waals surface area contributed by atoms with Gasteiger partial charge in [-0.2, -0.15) is 0 Å². The number of furan rings is 1. The SMILES string of the molecule is CCOC(=O)[C@@H]1CS[C@@]2(c3ccco3)CC(=O)N12. The van der Waals surface area contributed by atoms with E-state index in [4.69, 9.17) is 9.15 Å². The lowest BCUT2D eigenvalue weighted by Crippen LogP contribution is -2.60. The number of thioether (sulfide) groups is 1. The fraction of sp³-hybridized carbons (Fsp3) is 0.500. The molecule has 0 aliphatic carbocycles. The number of hydrogen-bond acceptors (Lipinski definition) is 5. The Kier molecular flexibility index (Phi) is 2.62. The van der Waals surface area contributed by atoms with Crippen molar-refractivity contribution >= 4 is 23.6 Å². The summed E-state index contributed by atoms with van der Waals surface area (Å²) in [5.74, 6) is 0.950. The van der Waals surface area contributed by atoms with Gasteiger partial charge in [-0.3, -0.25) is 4.79 Å². The minimum absolute atomic E-state index is 0.0190. The van der Waals surface area contributed by atoms with Crippen molar-refractivity contribution in [2.75, 3.05) is 12.4 Å². The fourth-order valence-electron chi connectivity index (χ4n) is 2.51. The van der Waals surface area contributed by atoms with Crippen molar-refractivity contribution in [1.29, 1.82) is 0 Å². The normalized spacial score (nSPS) is 29.9. The summed E-state index contributed by atoms with van der Waals surface area (Å²) in [6.07, 6.45) is 1.98. The first-order valence-electron chi connectivity index (χ1n) is 5.86. The van der Waals surface area contributed by atoms with E-state index in [9.17, 15) is 9.59 Å². The standard InChI is InChI=1S/C12H13NO4S/c1-2-16-11(15)8-7-18-12(6-10(14)13(8)12)9-4-3-5-17-9/h3-5,8H,2,6-7H2,1H3/t8-,12+/m0/s1. The maximum Gasteiger partial charge on any atom is 0.329 e. The number of nitrogens with zero attached hydrogens (tertiary/aromatic N) is 1. The summed E-state index contributed by atoms with van der Waals surface area (Å²) in [5, 5.41) is 0. The monoisotopic (exact) mass is 267 g/mol. The highest BCUT2D eigenvalue weighted by Crippen LogP contribution is 2.56. The van der Waals surface area contributed by atoms with E-state index in [1.165, 1.54) is 0 Å². The Labute approximate surface area is 108 Å². The van der Waals surface area contributed by atoms with Crippen LogP contribution in [0.15, 0.2) is 22.8 Å². The summed E-state index contributed by atoms with van der Waals surface area (Å²) in [5.41, 5.74) is 0. The molecule has 0 N–H and O–H groups in total. The van der Waals surface area contributed by atoms with Gasteiger partial charge >= 0.3 is 5.97 Å². The average Bonchev–Trinajstić information content (AvgIpc) is 2.93. The number of carbonyl (C=O) groups excluding carboxylic acids is 2. The van der Waals surface area contributed by atoms with Gasteiger partial charge in [-0.25, -0.2) is 4.79 Å². The Balaban J connectivity index is 1.88.